The molecule has 0 nitrogen and oxygen atoms in total. The van der Waals surface area contributed by atoms with E-state index in [1.807, 2.05) is 0 Å². The molecular weight excluding hydrogens is 165 g/mol. The van der Waals surface area contributed by atoms with Crippen molar-refractivity contribution in [3.63, 3.8) is 0 Å². The Balaban J connectivity index is 2.95. The first-order valence-corrected chi connectivity index (χ1v) is 3.53. The van der Waals surface area contributed by atoms with Crippen LogP contribution in [0.2, 0.25) is 0 Å². The number of allylic oxidation sites excluding steroid dienone is 5. The van der Waals surface area contributed by atoms with Crippen molar-refractivity contribution < 1.29 is 13.2 Å². The van der Waals surface area contributed by atoms with E-state index < -0.39 is 11.7 Å². The number of rotatable bonds is 0. The Morgan fingerprint density at radius 1 is 1.33 bits per heavy atom. The van der Waals surface area contributed by atoms with Crippen LogP contribution in [0.1, 0.15) is 13.3 Å². The molecule has 0 aromatic rings. The Bertz CT molecular complexity index is 266. The fraction of sp³-hybridized carbons (Fsp3) is 0.333. The van der Waals surface area contributed by atoms with Crippen molar-refractivity contribution in [3.05, 3.63) is 35.5 Å². The van der Waals surface area contributed by atoms with Crippen molar-refractivity contribution >= 4 is 0 Å². The maximum Gasteiger partial charge on any atom is 0.413 e. The minimum atomic E-state index is -4.21. The highest BCUT2D eigenvalue weighted by molar-refractivity contribution is 5.39. The molecule has 0 amide bonds. The van der Waals surface area contributed by atoms with Gasteiger partial charge in [0.25, 0.3) is 0 Å². The summed E-state index contributed by atoms with van der Waals surface area (Å²) in [6.07, 6.45) is -1.47. The highest BCUT2D eigenvalue weighted by atomic mass is 19.4. The zero-order valence-corrected chi connectivity index (χ0v) is 6.70. The van der Waals surface area contributed by atoms with Gasteiger partial charge >= 0.3 is 6.18 Å². The van der Waals surface area contributed by atoms with E-state index in [1.165, 1.54) is 0 Å². The second-order valence-corrected chi connectivity index (χ2v) is 2.89. The van der Waals surface area contributed by atoms with Gasteiger partial charge in [0.2, 0.25) is 0 Å². The molecule has 0 aromatic heterocycles. The SMILES string of the molecule is C=C1C=C(C)C=C(C(F)(F)F)C1. The van der Waals surface area contributed by atoms with E-state index in [-0.39, 0.29) is 6.42 Å². The maximum absolute atomic E-state index is 12.2. The first kappa shape index (κ1) is 9.10. The summed E-state index contributed by atoms with van der Waals surface area (Å²) in [4.78, 5) is 0. The fourth-order valence-electron chi connectivity index (χ4n) is 1.17. The lowest BCUT2D eigenvalue weighted by molar-refractivity contribution is -0.0932. The van der Waals surface area contributed by atoms with Gasteiger partial charge in [0.1, 0.15) is 0 Å². The summed E-state index contributed by atoms with van der Waals surface area (Å²) < 4.78 is 36.5. The highest BCUT2D eigenvalue weighted by Crippen LogP contribution is 2.34. The van der Waals surface area contributed by atoms with Gasteiger partial charge in [-0.1, -0.05) is 29.9 Å². The van der Waals surface area contributed by atoms with Crippen LogP contribution in [-0.2, 0) is 0 Å². The van der Waals surface area contributed by atoms with E-state index in [1.54, 1.807) is 13.0 Å². The van der Waals surface area contributed by atoms with Gasteiger partial charge in [-0.15, -0.1) is 0 Å². The Kier molecular flexibility index (Phi) is 2.13. The lowest BCUT2D eigenvalue weighted by Crippen LogP contribution is -2.14. The van der Waals surface area contributed by atoms with E-state index in [0.29, 0.717) is 11.1 Å². The molecule has 0 heterocycles. The van der Waals surface area contributed by atoms with Crippen molar-refractivity contribution in [2.45, 2.75) is 19.5 Å². The third kappa shape index (κ3) is 2.00. The van der Waals surface area contributed by atoms with Gasteiger partial charge in [-0.2, -0.15) is 13.2 Å². The number of alkyl halides is 3. The molecule has 0 saturated carbocycles. The van der Waals surface area contributed by atoms with Crippen molar-refractivity contribution in [2.75, 3.05) is 0 Å². The minimum absolute atomic E-state index is 0.0825. The lowest BCUT2D eigenvalue weighted by atomic mass is 9.97. The Morgan fingerprint density at radius 2 is 1.92 bits per heavy atom. The summed E-state index contributed by atoms with van der Waals surface area (Å²) in [5.74, 6) is 0. The molecule has 0 fully saturated rings. The minimum Gasteiger partial charge on any atom is -0.166 e. The molecule has 3 heteroatoms. The van der Waals surface area contributed by atoms with Crippen LogP contribution in [0.5, 0.6) is 0 Å². The van der Waals surface area contributed by atoms with E-state index in [2.05, 4.69) is 6.58 Å². The van der Waals surface area contributed by atoms with Crippen LogP contribution in [0.25, 0.3) is 0 Å². The monoisotopic (exact) mass is 174 g/mol. The molecule has 12 heavy (non-hydrogen) atoms. The number of hydrogen-bond donors (Lipinski definition) is 0. The van der Waals surface area contributed by atoms with Gasteiger partial charge in [0.15, 0.2) is 0 Å². The van der Waals surface area contributed by atoms with Crippen molar-refractivity contribution in [1.82, 2.24) is 0 Å². The van der Waals surface area contributed by atoms with Gasteiger partial charge in [0.05, 0.1) is 0 Å². The maximum atomic E-state index is 12.2. The summed E-state index contributed by atoms with van der Waals surface area (Å²) in [6.45, 7) is 5.15. The van der Waals surface area contributed by atoms with Crippen LogP contribution >= 0.6 is 0 Å². The number of halogens is 3. The van der Waals surface area contributed by atoms with Gasteiger partial charge in [0, 0.05) is 12.0 Å². The second-order valence-electron chi connectivity index (χ2n) is 2.89. The zero-order valence-electron chi connectivity index (χ0n) is 6.70. The molecule has 0 radical (unpaired) electrons. The van der Waals surface area contributed by atoms with Crippen molar-refractivity contribution in [1.29, 1.82) is 0 Å². The molecule has 0 unspecified atom stereocenters. The van der Waals surface area contributed by atoms with Crippen LogP contribution in [0.4, 0.5) is 13.2 Å². The highest BCUT2D eigenvalue weighted by Gasteiger charge is 2.34. The van der Waals surface area contributed by atoms with Crippen LogP contribution in [0.3, 0.4) is 0 Å². The van der Waals surface area contributed by atoms with Crippen molar-refractivity contribution in [3.8, 4) is 0 Å². The zero-order chi connectivity index (χ0) is 9.35. The van der Waals surface area contributed by atoms with Crippen LogP contribution < -0.4 is 0 Å². The van der Waals surface area contributed by atoms with E-state index in [0.717, 1.165) is 6.08 Å². The number of hydrogen-bond acceptors (Lipinski definition) is 0. The van der Waals surface area contributed by atoms with Gasteiger partial charge in [-0.3, -0.25) is 0 Å². The topological polar surface area (TPSA) is 0 Å². The average Bonchev–Trinajstić information content (AvgIpc) is 1.82. The lowest BCUT2D eigenvalue weighted by Gasteiger charge is -2.16. The molecule has 0 saturated heterocycles. The fourth-order valence-corrected chi connectivity index (χ4v) is 1.17. The van der Waals surface area contributed by atoms with Crippen LogP contribution in [-0.4, -0.2) is 6.18 Å². The predicted octanol–water partition coefficient (Wildman–Crippen LogP) is 3.38. The molecule has 0 aromatic carbocycles. The molecule has 0 atom stereocenters. The molecule has 1 rings (SSSR count). The normalized spacial score (nSPS) is 18.8. The van der Waals surface area contributed by atoms with Gasteiger partial charge in [-0.25, -0.2) is 0 Å². The average molecular weight is 174 g/mol. The Morgan fingerprint density at radius 3 is 2.33 bits per heavy atom. The Labute approximate surface area is 69.1 Å². The summed E-state index contributed by atoms with van der Waals surface area (Å²) in [6, 6.07) is 0. The van der Waals surface area contributed by atoms with Crippen LogP contribution in [0.15, 0.2) is 35.5 Å². The third-order valence-electron chi connectivity index (χ3n) is 1.62. The van der Waals surface area contributed by atoms with E-state index >= 15 is 0 Å². The summed E-state index contributed by atoms with van der Waals surface area (Å²) in [5, 5.41) is 0. The van der Waals surface area contributed by atoms with Gasteiger partial charge < -0.3 is 0 Å². The predicted molar refractivity (Wildman–Crippen MR) is 41.7 cm³/mol. The van der Waals surface area contributed by atoms with Gasteiger partial charge in [-0.05, 0) is 6.92 Å². The molecule has 0 spiro atoms. The molecule has 66 valence electrons. The first-order valence-electron chi connectivity index (χ1n) is 3.53. The third-order valence-corrected chi connectivity index (χ3v) is 1.62. The van der Waals surface area contributed by atoms with Crippen LogP contribution in [0, 0.1) is 0 Å². The molecule has 0 bridgehead atoms. The summed E-state index contributed by atoms with van der Waals surface area (Å²) >= 11 is 0. The molecule has 0 aliphatic heterocycles. The largest absolute Gasteiger partial charge is 0.413 e. The summed E-state index contributed by atoms with van der Waals surface area (Å²) in [7, 11) is 0. The quantitative estimate of drug-likeness (QED) is 0.528. The Hall–Kier alpha value is -0.990. The molecule has 1 aliphatic rings. The molecule has 0 N–H and O–H groups in total. The van der Waals surface area contributed by atoms with E-state index in [4.69, 9.17) is 0 Å². The second kappa shape index (κ2) is 2.81. The van der Waals surface area contributed by atoms with Crippen molar-refractivity contribution in [2.24, 2.45) is 0 Å². The molecule has 1 aliphatic carbocycles. The standard InChI is InChI=1S/C9H9F3/c1-6-3-7(2)5-8(4-6)9(10,11)12/h3,5H,1,4H2,2H3. The summed E-state index contributed by atoms with van der Waals surface area (Å²) in [5.41, 5.74) is 0.619. The molecular formula is C9H9F3. The smallest absolute Gasteiger partial charge is 0.166 e. The first-order chi connectivity index (χ1) is 5.39. The van der Waals surface area contributed by atoms with E-state index in [9.17, 15) is 13.2 Å².